The van der Waals surface area contributed by atoms with Crippen LogP contribution in [0.3, 0.4) is 0 Å². The highest BCUT2D eigenvalue weighted by atomic mass is 16.5. The molecule has 0 bridgehead atoms. The van der Waals surface area contributed by atoms with E-state index in [-0.39, 0.29) is 5.54 Å². The first-order chi connectivity index (χ1) is 5.33. The summed E-state index contributed by atoms with van der Waals surface area (Å²) in [5, 5.41) is 3.31. The maximum absolute atomic E-state index is 5.18. The van der Waals surface area contributed by atoms with Gasteiger partial charge in [-0.1, -0.05) is 20.8 Å². The molecule has 0 amide bonds. The molecule has 0 saturated heterocycles. The Morgan fingerprint density at radius 1 is 1.17 bits per heavy atom. The van der Waals surface area contributed by atoms with Crippen LogP contribution < -0.4 is 5.32 Å². The van der Waals surface area contributed by atoms with Gasteiger partial charge in [0.15, 0.2) is 0 Å². The molecule has 1 unspecified atom stereocenters. The van der Waals surface area contributed by atoms with Crippen molar-refractivity contribution in [2.75, 3.05) is 20.8 Å². The molecule has 2 heteroatoms. The number of likely N-dealkylation sites (N-methyl/N-ethyl adjacent to an activating group) is 1. The molecule has 0 aliphatic heterocycles. The molecule has 0 aliphatic rings. The van der Waals surface area contributed by atoms with Gasteiger partial charge in [0.2, 0.25) is 0 Å². The van der Waals surface area contributed by atoms with Gasteiger partial charge in [-0.2, -0.15) is 0 Å². The summed E-state index contributed by atoms with van der Waals surface area (Å²) in [6, 6.07) is 0. The highest BCUT2D eigenvalue weighted by Gasteiger charge is 2.28. The van der Waals surface area contributed by atoms with Gasteiger partial charge >= 0.3 is 0 Å². The SMILES string of the molecule is CNC(C)(COC)CC(C)(C)C. The van der Waals surface area contributed by atoms with Crippen molar-refractivity contribution in [3.05, 3.63) is 0 Å². The van der Waals surface area contributed by atoms with E-state index in [4.69, 9.17) is 4.74 Å². The number of hydrogen-bond donors (Lipinski definition) is 1. The summed E-state index contributed by atoms with van der Waals surface area (Å²) in [6.07, 6.45) is 1.12. The molecule has 0 fully saturated rings. The van der Waals surface area contributed by atoms with E-state index in [0.29, 0.717) is 5.41 Å². The van der Waals surface area contributed by atoms with Crippen LogP contribution in [-0.2, 0) is 4.74 Å². The molecular formula is C10H23NO. The van der Waals surface area contributed by atoms with Crippen LogP contribution in [0.15, 0.2) is 0 Å². The second-order valence-corrected chi connectivity index (χ2v) is 4.98. The monoisotopic (exact) mass is 173 g/mol. The van der Waals surface area contributed by atoms with Gasteiger partial charge in [-0.15, -0.1) is 0 Å². The lowest BCUT2D eigenvalue weighted by molar-refractivity contribution is 0.0946. The van der Waals surface area contributed by atoms with E-state index >= 15 is 0 Å². The minimum Gasteiger partial charge on any atom is -0.383 e. The molecule has 0 saturated carbocycles. The highest BCUT2D eigenvalue weighted by Crippen LogP contribution is 2.26. The molecule has 2 nitrogen and oxygen atoms in total. The number of nitrogens with one attached hydrogen (secondary N) is 1. The molecule has 0 radical (unpaired) electrons. The van der Waals surface area contributed by atoms with E-state index in [1.165, 1.54) is 0 Å². The smallest absolute Gasteiger partial charge is 0.0641 e. The second kappa shape index (κ2) is 4.24. The van der Waals surface area contributed by atoms with Gasteiger partial charge in [-0.3, -0.25) is 0 Å². The van der Waals surface area contributed by atoms with Crippen molar-refractivity contribution in [1.82, 2.24) is 5.32 Å². The lowest BCUT2D eigenvalue weighted by Crippen LogP contribution is -2.46. The third-order valence-electron chi connectivity index (χ3n) is 1.99. The van der Waals surface area contributed by atoms with Crippen molar-refractivity contribution in [3.63, 3.8) is 0 Å². The van der Waals surface area contributed by atoms with Crippen LogP contribution in [0.1, 0.15) is 34.1 Å². The molecule has 0 rings (SSSR count). The van der Waals surface area contributed by atoms with Crippen molar-refractivity contribution < 1.29 is 4.74 Å². The molecule has 1 N–H and O–H groups in total. The van der Waals surface area contributed by atoms with E-state index in [0.717, 1.165) is 13.0 Å². The topological polar surface area (TPSA) is 21.3 Å². The van der Waals surface area contributed by atoms with Gasteiger partial charge in [0.1, 0.15) is 0 Å². The fourth-order valence-corrected chi connectivity index (χ4v) is 1.70. The molecule has 0 aromatic carbocycles. The van der Waals surface area contributed by atoms with Crippen LogP contribution in [0.25, 0.3) is 0 Å². The van der Waals surface area contributed by atoms with E-state index < -0.39 is 0 Å². The highest BCUT2D eigenvalue weighted by molar-refractivity contribution is 4.86. The largest absolute Gasteiger partial charge is 0.383 e. The van der Waals surface area contributed by atoms with Crippen LogP contribution in [0, 0.1) is 5.41 Å². The molecule has 0 aromatic rings. The Hall–Kier alpha value is -0.0800. The summed E-state index contributed by atoms with van der Waals surface area (Å²) in [5.41, 5.74) is 0.448. The Bertz CT molecular complexity index is 128. The lowest BCUT2D eigenvalue weighted by Gasteiger charge is -2.34. The summed E-state index contributed by atoms with van der Waals surface area (Å²) in [5.74, 6) is 0. The molecule has 0 heterocycles. The second-order valence-electron chi connectivity index (χ2n) is 4.98. The van der Waals surface area contributed by atoms with Crippen LogP contribution in [0.5, 0.6) is 0 Å². The van der Waals surface area contributed by atoms with Crippen LogP contribution >= 0.6 is 0 Å². The fraction of sp³-hybridized carbons (Fsp3) is 1.00. The average molecular weight is 173 g/mol. The molecule has 74 valence electrons. The Labute approximate surface area is 76.7 Å². The van der Waals surface area contributed by atoms with Crippen molar-refractivity contribution in [3.8, 4) is 0 Å². The lowest BCUT2D eigenvalue weighted by atomic mass is 9.81. The van der Waals surface area contributed by atoms with E-state index in [2.05, 4.69) is 33.0 Å². The van der Waals surface area contributed by atoms with Crippen LogP contribution in [0.4, 0.5) is 0 Å². The Kier molecular flexibility index (Phi) is 4.21. The average Bonchev–Trinajstić information content (AvgIpc) is 1.84. The van der Waals surface area contributed by atoms with Crippen molar-refractivity contribution in [2.45, 2.75) is 39.7 Å². The maximum Gasteiger partial charge on any atom is 0.0641 e. The summed E-state index contributed by atoms with van der Waals surface area (Å²) < 4.78 is 5.18. The van der Waals surface area contributed by atoms with Crippen molar-refractivity contribution in [1.29, 1.82) is 0 Å². The van der Waals surface area contributed by atoms with Crippen molar-refractivity contribution in [2.24, 2.45) is 5.41 Å². The minimum absolute atomic E-state index is 0.104. The predicted octanol–water partition coefficient (Wildman–Crippen LogP) is 2.05. The first-order valence-corrected chi connectivity index (χ1v) is 4.51. The van der Waals surface area contributed by atoms with Gasteiger partial charge in [0.25, 0.3) is 0 Å². The van der Waals surface area contributed by atoms with Gasteiger partial charge in [-0.05, 0) is 25.8 Å². The summed E-state index contributed by atoms with van der Waals surface area (Å²) in [7, 11) is 3.74. The number of rotatable bonds is 4. The van der Waals surface area contributed by atoms with Crippen LogP contribution in [0.2, 0.25) is 0 Å². The third kappa shape index (κ3) is 4.73. The zero-order valence-electron chi connectivity index (χ0n) is 9.32. The third-order valence-corrected chi connectivity index (χ3v) is 1.99. The zero-order chi connectivity index (χ0) is 9.83. The number of ether oxygens (including phenoxy) is 1. The molecule has 0 aromatic heterocycles. The van der Waals surface area contributed by atoms with Gasteiger partial charge in [0, 0.05) is 12.6 Å². The van der Waals surface area contributed by atoms with Gasteiger partial charge in [0.05, 0.1) is 6.61 Å². The molecule has 0 spiro atoms. The van der Waals surface area contributed by atoms with Crippen molar-refractivity contribution >= 4 is 0 Å². The summed E-state index contributed by atoms with van der Waals surface area (Å²) >= 11 is 0. The Morgan fingerprint density at radius 2 is 1.67 bits per heavy atom. The van der Waals surface area contributed by atoms with E-state index in [1.54, 1.807) is 7.11 Å². The molecule has 1 atom stereocenters. The minimum atomic E-state index is 0.104. The Balaban J connectivity index is 4.14. The van der Waals surface area contributed by atoms with Crippen LogP contribution in [-0.4, -0.2) is 26.3 Å². The predicted molar refractivity (Wildman–Crippen MR) is 53.4 cm³/mol. The van der Waals surface area contributed by atoms with E-state index in [1.807, 2.05) is 7.05 Å². The Morgan fingerprint density at radius 3 is 1.92 bits per heavy atom. The summed E-state index contributed by atoms with van der Waals surface area (Å²) in [6.45, 7) is 9.71. The van der Waals surface area contributed by atoms with E-state index in [9.17, 15) is 0 Å². The normalized spacial score (nSPS) is 17.5. The van der Waals surface area contributed by atoms with Gasteiger partial charge in [-0.25, -0.2) is 0 Å². The fourth-order valence-electron chi connectivity index (χ4n) is 1.70. The first kappa shape index (κ1) is 11.9. The summed E-state index contributed by atoms with van der Waals surface area (Å²) in [4.78, 5) is 0. The standard InChI is InChI=1S/C10H23NO/c1-9(2,3)7-10(4,11-5)8-12-6/h11H,7-8H2,1-6H3. The first-order valence-electron chi connectivity index (χ1n) is 4.51. The molecule has 0 aliphatic carbocycles. The molecular weight excluding hydrogens is 150 g/mol. The quantitative estimate of drug-likeness (QED) is 0.702. The van der Waals surface area contributed by atoms with Gasteiger partial charge < -0.3 is 10.1 Å². The zero-order valence-corrected chi connectivity index (χ0v) is 9.32. The number of hydrogen-bond acceptors (Lipinski definition) is 2. The maximum atomic E-state index is 5.18. The molecule has 12 heavy (non-hydrogen) atoms. The number of methoxy groups -OCH3 is 1.